The molecule has 0 aliphatic carbocycles. The minimum atomic E-state index is -4.67. The first-order chi connectivity index (χ1) is 17.7. The maximum atomic E-state index is 14.0. The summed E-state index contributed by atoms with van der Waals surface area (Å²) in [6.07, 6.45) is -2.75. The summed E-state index contributed by atoms with van der Waals surface area (Å²) in [5.74, 6) is 1.14. The highest BCUT2D eigenvalue weighted by atomic mass is 79.9. The lowest BCUT2D eigenvalue weighted by Gasteiger charge is -2.35. The second kappa shape index (κ2) is 9.92. The number of aryl methyl sites for hydroxylation is 1. The van der Waals surface area contributed by atoms with Crippen molar-refractivity contribution in [1.29, 1.82) is 0 Å². The van der Waals surface area contributed by atoms with Crippen LogP contribution in [0.5, 0.6) is 17.2 Å². The fourth-order valence-electron chi connectivity index (χ4n) is 4.87. The SMILES string of the molecule is CCn1cc(-c2cc(CBr)cc3c2OCCN([C@H]2CCOc4ccc(OC)cc42)C3=O)c(C(F)(F)F)n1. The molecular weight excluding hydrogens is 555 g/mol. The van der Waals surface area contributed by atoms with Crippen LogP contribution >= 0.6 is 15.9 Å². The van der Waals surface area contributed by atoms with Gasteiger partial charge in [-0.15, -0.1) is 0 Å². The van der Waals surface area contributed by atoms with Crippen LogP contribution < -0.4 is 14.2 Å². The van der Waals surface area contributed by atoms with E-state index in [1.807, 2.05) is 12.1 Å². The van der Waals surface area contributed by atoms with Gasteiger partial charge in [0.1, 0.15) is 23.9 Å². The molecule has 7 nitrogen and oxygen atoms in total. The summed E-state index contributed by atoms with van der Waals surface area (Å²) in [6.45, 7) is 2.80. The molecule has 3 aromatic rings. The number of carbonyl (C=O) groups is 1. The van der Waals surface area contributed by atoms with Crippen LogP contribution in [0.2, 0.25) is 0 Å². The molecule has 0 fully saturated rings. The van der Waals surface area contributed by atoms with Gasteiger partial charge in [0.15, 0.2) is 5.69 Å². The van der Waals surface area contributed by atoms with Crippen molar-refractivity contribution < 1.29 is 32.2 Å². The van der Waals surface area contributed by atoms with Crippen LogP contribution in [0.1, 0.15) is 46.6 Å². The molecule has 0 N–H and O–H groups in total. The Kier molecular flexibility index (Phi) is 6.82. The highest BCUT2D eigenvalue weighted by Crippen LogP contribution is 2.45. The van der Waals surface area contributed by atoms with Crippen molar-refractivity contribution in [1.82, 2.24) is 14.7 Å². The Balaban J connectivity index is 1.63. The third-order valence-corrected chi connectivity index (χ3v) is 7.27. The number of alkyl halides is 4. The molecule has 11 heteroatoms. The number of halogens is 4. The lowest BCUT2D eigenvalue weighted by atomic mass is 9.95. The van der Waals surface area contributed by atoms with E-state index in [0.29, 0.717) is 35.4 Å². The Morgan fingerprint density at radius 2 is 1.92 bits per heavy atom. The van der Waals surface area contributed by atoms with Gasteiger partial charge >= 0.3 is 6.18 Å². The fourth-order valence-corrected chi connectivity index (χ4v) is 5.20. The van der Waals surface area contributed by atoms with E-state index in [0.717, 1.165) is 5.56 Å². The van der Waals surface area contributed by atoms with E-state index in [1.54, 1.807) is 37.1 Å². The summed E-state index contributed by atoms with van der Waals surface area (Å²) in [6, 6.07) is 8.47. The Hall–Kier alpha value is -3.21. The number of ether oxygens (including phenoxy) is 3. The maximum Gasteiger partial charge on any atom is 0.435 e. The number of amides is 1. The number of nitrogens with zero attached hydrogens (tertiary/aromatic N) is 3. The molecule has 0 unspecified atom stereocenters. The van der Waals surface area contributed by atoms with Crippen LogP contribution in [0, 0.1) is 0 Å². The molecule has 3 heterocycles. The maximum absolute atomic E-state index is 14.0. The molecule has 1 atom stereocenters. The number of aromatic nitrogens is 2. The zero-order valence-electron chi connectivity index (χ0n) is 20.3. The van der Waals surface area contributed by atoms with Crippen molar-refractivity contribution in [2.24, 2.45) is 0 Å². The minimum Gasteiger partial charge on any atom is -0.497 e. The van der Waals surface area contributed by atoms with Gasteiger partial charge < -0.3 is 19.1 Å². The van der Waals surface area contributed by atoms with Crippen LogP contribution in [0.15, 0.2) is 36.5 Å². The van der Waals surface area contributed by atoms with Crippen LogP contribution in [0.25, 0.3) is 11.1 Å². The van der Waals surface area contributed by atoms with E-state index >= 15 is 0 Å². The standard InChI is InChI=1S/C26H25BrF3N3O4/c1-3-32-14-20(24(31-32)26(28,29)30)17-10-15(13-27)11-19-23(17)37-9-7-33(25(19)34)21-6-8-36-22-5-4-16(35-2)12-18(21)22/h4-5,10-12,14,21H,3,6-9,13H2,1-2H3/t21-/m0/s1. The number of rotatable bonds is 5. The molecule has 2 aromatic carbocycles. The monoisotopic (exact) mass is 579 g/mol. The number of hydrogen-bond acceptors (Lipinski definition) is 5. The summed E-state index contributed by atoms with van der Waals surface area (Å²) < 4.78 is 60.3. The summed E-state index contributed by atoms with van der Waals surface area (Å²) in [7, 11) is 1.57. The lowest BCUT2D eigenvalue weighted by molar-refractivity contribution is -0.141. The van der Waals surface area contributed by atoms with Crippen molar-refractivity contribution in [2.75, 3.05) is 26.9 Å². The molecular formula is C26H25BrF3N3O4. The second-order valence-electron chi connectivity index (χ2n) is 8.80. The van der Waals surface area contributed by atoms with Gasteiger partial charge in [-0.3, -0.25) is 9.48 Å². The quantitative estimate of drug-likeness (QED) is 0.355. The van der Waals surface area contributed by atoms with Crippen LogP contribution in [-0.4, -0.2) is 47.5 Å². The molecule has 0 saturated heterocycles. The summed E-state index contributed by atoms with van der Waals surface area (Å²) >= 11 is 3.40. The smallest absolute Gasteiger partial charge is 0.435 e. The van der Waals surface area contributed by atoms with Gasteiger partial charge in [0.25, 0.3) is 5.91 Å². The van der Waals surface area contributed by atoms with E-state index in [2.05, 4.69) is 21.0 Å². The van der Waals surface area contributed by atoms with Crippen molar-refractivity contribution in [3.63, 3.8) is 0 Å². The molecule has 5 rings (SSSR count). The predicted octanol–water partition coefficient (Wildman–Crippen LogP) is 5.85. The van der Waals surface area contributed by atoms with E-state index in [1.165, 1.54) is 10.9 Å². The normalized spacial score (nSPS) is 17.4. The summed E-state index contributed by atoms with van der Waals surface area (Å²) in [4.78, 5) is 15.7. The van der Waals surface area contributed by atoms with Crippen molar-refractivity contribution in [3.05, 3.63) is 58.9 Å². The van der Waals surface area contributed by atoms with Gasteiger partial charge in [-0.25, -0.2) is 0 Å². The second-order valence-corrected chi connectivity index (χ2v) is 9.36. The fraction of sp³-hybridized carbons (Fsp3) is 0.385. The lowest BCUT2D eigenvalue weighted by Crippen LogP contribution is -2.38. The van der Waals surface area contributed by atoms with Gasteiger partial charge in [0.05, 0.1) is 31.9 Å². The molecule has 0 radical (unpaired) electrons. The number of carbonyl (C=O) groups excluding carboxylic acids is 1. The molecule has 0 saturated carbocycles. The highest BCUT2D eigenvalue weighted by Gasteiger charge is 2.40. The Morgan fingerprint density at radius 3 is 2.62 bits per heavy atom. The highest BCUT2D eigenvalue weighted by molar-refractivity contribution is 9.08. The number of methoxy groups -OCH3 is 1. The van der Waals surface area contributed by atoms with Crippen molar-refractivity contribution >= 4 is 21.8 Å². The molecule has 0 bridgehead atoms. The average molecular weight is 580 g/mol. The van der Waals surface area contributed by atoms with E-state index in [9.17, 15) is 18.0 Å². The molecule has 1 amide bonds. The average Bonchev–Trinajstić information content (AvgIpc) is 3.28. The number of hydrogen-bond donors (Lipinski definition) is 0. The van der Waals surface area contributed by atoms with E-state index in [-0.39, 0.29) is 54.1 Å². The minimum absolute atomic E-state index is 0.115. The number of benzene rings is 2. The molecule has 1 aromatic heterocycles. The molecule has 0 spiro atoms. The van der Waals surface area contributed by atoms with Crippen LogP contribution in [0.3, 0.4) is 0 Å². The first-order valence-corrected chi connectivity index (χ1v) is 13.0. The van der Waals surface area contributed by atoms with Gasteiger partial charge in [0, 0.05) is 41.2 Å². The van der Waals surface area contributed by atoms with Crippen molar-refractivity contribution in [2.45, 2.75) is 37.4 Å². The first-order valence-electron chi connectivity index (χ1n) is 11.9. The zero-order chi connectivity index (χ0) is 26.3. The summed E-state index contributed by atoms with van der Waals surface area (Å²) in [5.41, 5.74) is 0.768. The van der Waals surface area contributed by atoms with E-state index in [4.69, 9.17) is 14.2 Å². The molecule has 196 valence electrons. The Labute approximate surface area is 220 Å². The molecule has 2 aliphatic rings. The Morgan fingerprint density at radius 1 is 1.14 bits per heavy atom. The van der Waals surface area contributed by atoms with Crippen LogP contribution in [-0.2, 0) is 18.1 Å². The molecule has 2 aliphatic heterocycles. The van der Waals surface area contributed by atoms with Crippen LogP contribution in [0.4, 0.5) is 13.2 Å². The number of fused-ring (bicyclic) bond motifs is 2. The predicted molar refractivity (Wildman–Crippen MR) is 133 cm³/mol. The third kappa shape index (κ3) is 4.65. The zero-order valence-corrected chi connectivity index (χ0v) is 21.9. The molecule has 37 heavy (non-hydrogen) atoms. The topological polar surface area (TPSA) is 65.8 Å². The third-order valence-electron chi connectivity index (χ3n) is 6.62. The van der Waals surface area contributed by atoms with Crippen molar-refractivity contribution in [3.8, 4) is 28.4 Å². The Bertz CT molecular complexity index is 1340. The van der Waals surface area contributed by atoms with Gasteiger partial charge in [0.2, 0.25) is 0 Å². The largest absolute Gasteiger partial charge is 0.497 e. The summed E-state index contributed by atoms with van der Waals surface area (Å²) in [5, 5.41) is 4.10. The first kappa shape index (κ1) is 25.4. The van der Waals surface area contributed by atoms with Gasteiger partial charge in [-0.05, 0) is 42.8 Å². The van der Waals surface area contributed by atoms with Gasteiger partial charge in [-0.1, -0.05) is 15.9 Å². The van der Waals surface area contributed by atoms with E-state index < -0.39 is 11.9 Å². The van der Waals surface area contributed by atoms with Gasteiger partial charge in [-0.2, -0.15) is 18.3 Å².